The third kappa shape index (κ3) is 3.53. The first-order chi connectivity index (χ1) is 9.52. The van der Waals surface area contributed by atoms with Gasteiger partial charge < -0.3 is 10.2 Å². The van der Waals surface area contributed by atoms with Crippen LogP contribution in [0.25, 0.3) is 0 Å². The van der Waals surface area contributed by atoms with E-state index < -0.39 is 0 Å². The van der Waals surface area contributed by atoms with E-state index in [4.69, 9.17) is 0 Å². The minimum atomic E-state index is 0.182. The van der Waals surface area contributed by atoms with Crippen molar-refractivity contribution in [3.05, 3.63) is 29.3 Å². The normalized spacial score (nSPS) is 14.4. The van der Waals surface area contributed by atoms with E-state index in [2.05, 4.69) is 24.1 Å². The van der Waals surface area contributed by atoms with Crippen LogP contribution in [0.2, 0.25) is 0 Å². The van der Waals surface area contributed by atoms with Crippen LogP contribution in [0, 0.1) is 12.8 Å². The van der Waals surface area contributed by atoms with Crippen molar-refractivity contribution in [1.82, 2.24) is 4.90 Å². The lowest BCUT2D eigenvalue weighted by Crippen LogP contribution is -2.35. The van der Waals surface area contributed by atoms with Gasteiger partial charge in [0.2, 0.25) is 0 Å². The first-order valence-corrected chi connectivity index (χ1v) is 7.62. The van der Waals surface area contributed by atoms with Crippen LogP contribution in [0.4, 0.5) is 5.69 Å². The predicted octanol–water partition coefficient (Wildman–Crippen LogP) is 3.69. The van der Waals surface area contributed by atoms with E-state index in [1.165, 1.54) is 0 Å². The number of aryl methyl sites for hydroxylation is 1. The molecule has 1 aliphatic rings. The van der Waals surface area contributed by atoms with Crippen LogP contribution < -0.4 is 5.32 Å². The number of amides is 1. The van der Waals surface area contributed by atoms with Crippen molar-refractivity contribution in [2.24, 2.45) is 5.92 Å². The second-order valence-electron chi connectivity index (χ2n) is 6.21. The maximum Gasteiger partial charge on any atom is 0.256 e. The van der Waals surface area contributed by atoms with Gasteiger partial charge in [-0.2, -0.15) is 0 Å². The monoisotopic (exact) mass is 274 g/mol. The quantitative estimate of drug-likeness (QED) is 0.858. The lowest BCUT2D eigenvalue weighted by molar-refractivity contribution is 0.0736. The van der Waals surface area contributed by atoms with Crippen molar-refractivity contribution in [1.29, 1.82) is 0 Å². The Morgan fingerprint density at radius 1 is 1.40 bits per heavy atom. The Balaban J connectivity index is 2.20. The molecule has 0 unspecified atom stereocenters. The molecule has 3 heteroatoms. The molecule has 1 aromatic rings. The fourth-order valence-electron chi connectivity index (χ4n) is 2.44. The molecule has 1 aromatic carbocycles. The van der Waals surface area contributed by atoms with Gasteiger partial charge in [0.15, 0.2) is 0 Å². The summed E-state index contributed by atoms with van der Waals surface area (Å²) in [4.78, 5) is 14.9. The first kappa shape index (κ1) is 14.9. The molecule has 1 fully saturated rings. The largest absolute Gasteiger partial charge is 0.387 e. The van der Waals surface area contributed by atoms with Gasteiger partial charge in [0, 0.05) is 25.3 Å². The Morgan fingerprint density at radius 2 is 2.10 bits per heavy atom. The summed E-state index contributed by atoms with van der Waals surface area (Å²) < 4.78 is 0. The summed E-state index contributed by atoms with van der Waals surface area (Å²) in [7, 11) is 1.87. The minimum Gasteiger partial charge on any atom is -0.387 e. The molecule has 0 aromatic heterocycles. The van der Waals surface area contributed by atoms with Gasteiger partial charge in [0.1, 0.15) is 0 Å². The summed E-state index contributed by atoms with van der Waals surface area (Å²) in [6, 6.07) is 6.50. The molecular formula is C17H26N2O. The Kier molecular flexibility index (Phi) is 4.69. The smallest absolute Gasteiger partial charge is 0.256 e. The molecule has 110 valence electrons. The fraction of sp³-hybridized carbons (Fsp3) is 0.588. The van der Waals surface area contributed by atoms with Gasteiger partial charge in [-0.25, -0.2) is 0 Å². The van der Waals surface area contributed by atoms with Gasteiger partial charge in [0.25, 0.3) is 5.91 Å². The molecule has 1 amide bonds. The molecule has 20 heavy (non-hydrogen) atoms. The van der Waals surface area contributed by atoms with Crippen molar-refractivity contribution < 1.29 is 4.79 Å². The Labute approximate surface area is 122 Å². The van der Waals surface area contributed by atoms with Gasteiger partial charge in [0.05, 0.1) is 5.56 Å². The van der Waals surface area contributed by atoms with E-state index >= 15 is 0 Å². The zero-order chi connectivity index (χ0) is 14.7. The molecule has 2 rings (SSSR count). The predicted molar refractivity (Wildman–Crippen MR) is 84.2 cm³/mol. The van der Waals surface area contributed by atoms with E-state index in [0.717, 1.165) is 42.6 Å². The topological polar surface area (TPSA) is 32.3 Å². The Bertz CT molecular complexity index is 478. The number of benzene rings is 1. The van der Waals surface area contributed by atoms with Crippen molar-refractivity contribution in [3.8, 4) is 0 Å². The van der Waals surface area contributed by atoms with Crippen molar-refractivity contribution in [2.75, 3.05) is 18.9 Å². The number of nitrogens with one attached hydrogen (secondary N) is 1. The van der Waals surface area contributed by atoms with Crippen molar-refractivity contribution in [3.63, 3.8) is 0 Å². The lowest BCUT2D eigenvalue weighted by Gasteiger charge is -2.24. The van der Waals surface area contributed by atoms with Gasteiger partial charge in [-0.3, -0.25) is 4.79 Å². The third-order valence-corrected chi connectivity index (χ3v) is 3.87. The van der Waals surface area contributed by atoms with Crippen LogP contribution in [0.1, 0.15) is 49.0 Å². The molecule has 0 aliphatic heterocycles. The number of carbonyl (C=O) groups excluding carboxylic acids is 1. The summed E-state index contributed by atoms with van der Waals surface area (Å²) in [6.07, 6.45) is 3.39. The van der Waals surface area contributed by atoms with Crippen molar-refractivity contribution in [2.45, 2.75) is 46.1 Å². The highest BCUT2D eigenvalue weighted by Gasteiger charge is 2.33. The van der Waals surface area contributed by atoms with Gasteiger partial charge in [-0.15, -0.1) is 0 Å². The average molecular weight is 274 g/mol. The molecule has 1 N–H and O–H groups in total. The SMILES string of the molecule is CNc1ccc(C)cc1C(=O)N(CCC(C)C)C1CC1. The minimum absolute atomic E-state index is 0.182. The third-order valence-electron chi connectivity index (χ3n) is 3.87. The van der Waals surface area contributed by atoms with Crippen LogP contribution in [0.5, 0.6) is 0 Å². The average Bonchev–Trinajstić information content (AvgIpc) is 3.23. The van der Waals surface area contributed by atoms with Crippen LogP contribution >= 0.6 is 0 Å². The second kappa shape index (κ2) is 6.29. The summed E-state index contributed by atoms with van der Waals surface area (Å²) in [5, 5.41) is 3.14. The first-order valence-electron chi connectivity index (χ1n) is 7.62. The molecule has 0 radical (unpaired) electrons. The number of nitrogens with zero attached hydrogens (tertiary/aromatic N) is 1. The maximum atomic E-state index is 12.9. The van der Waals surface area contributed by atoms with Crippen LogP contribution in [0.3, 0.4) is 0 Å². The van der Waals surface area contributed by atoms with Crippen LogP contribution in [-0.4, -0.2) is 30.4 Å². The number of hydrogen-bond donors (Lipinski definition) is 1. The Hall–Kier alpha value is -1.51. The number of anilines is 1. The maximum absolute atomic E-state index is 12.9. The molecule has 0 heterocycles. The van der Waals surface area contributed by atoms with Gasteiger partial charge >= 0.3 is 0 Å². The summed E-state index contributed by atoms with van der Waals surface area (Å²) in [5.74, 6) is 0.812. The van der Waals surface area contributed by atoms with Crippen LogP contribution in [0.15, 0.2) is 18.2 Å². The molecule has 0 saturated heterocycles. The molecule has 0 atom stereocenters. The van der Waals surface area contributed by atoms with E-state index in [1.54, 1.807) is 0 Å². The molecular weight excluding hydrogens is 248 g/mol. The van der Waals surface area contributed by atoms with E-state index in [-0.39, 0.29) is 5.91 Å². The van der Waals surface area contributed by atoms with Gasteiger partial charge in [-0.05, 0) is 44.2 Å². The second-order valence-corrected chi connectivity index (χ2v) is 6.21. The summed E-state index contributed by atoms with van der Waals surface area (Å²) in [5.41, 5.74) is 2.87. The molecule has 1 saturated carbocycles. The highest BCUT2D eigenvalue weighted by Crippen LogP contribution is 2.30. The lowest BCUT2D eigenvalue weighted by atomic mass is 10.1. The van der Waals surface area contributed by atoms with Crippen molar-refractivity contribution >= 4 is 11.6 Å². The van der Waals surface area contributed by atoms with Gasteiger partial charge in [-0.1, -0.05) is 25.5 Å². The highest BCUT2D eigenvalue weighted by molar-refractivity contribution is 6.00. The zero-order valence-corrected chi connectivity index (χ0v) is 13.1. The summed E-state index contributed by atoms with van der Waals surface area (Å²) in [6.45, 7) is 7.33. The number of carbonyl (C=O) groups is 1. The molecule has 0 spiro atoms. The Morgan fingerprint density at radius 3 is 2.65 bits per heavy atom. The number of hydrogen-bond acceptors (Lipinski definition) is 2. The van der Waals surface area contributed by atoms with E-state index in [9.17, 15) is 4.79 Å². The van der Waals surface area contributed by atoms with Crippen LogP contribution in [-0.2, 0) is 0 Å². The van der Waals surface area contributed by atoms with E-state index in [0.29, 0.717) is 12.0 Å². The zero-order valence-electron chi connectivity index (χ0n) is 13.1. The standard InChI is InChI=1S/C17H26N2O/c1-12(2)9-10-19(14-6-7-14)17(20)15-11-13(3)5-8-16(15)18-4/h5,8,11-12,14,18H,6-7,9-10H2,1-4H3. The summed E-state index contributed by atoms with van der Waals surface area (Å²) >= 11 is 0. The highest BCUT2D eigenvalue weighted by atomic mass is 16.2. The number of rotatable bonds is 6. The van der Waals surface area contributed by atoms with E-state index in [1.807, 2.05) is 32.2 Å². The molecule has 0 bridgehead atoms. The molecule has 1 aliphatic carbocycles. The molecule has 3 nitrogen and oxygen atoms in total. The fourth-order valence-corrected chi connectivity index (χ4v) is 2.44.